The van der Waals surface area contributed by atoms with Gasteiger partial charge < -0.3 is 20.0 Å². The quantitative estimate of drug-likeness (QED) is 0.378. The number of piperidine rings is 2. The highest BCUT2D eigenvalue weighted by Crippen LogP contribution is 2.43. The number of anilines is 2. The van der Waals surface area contributed by atoms with Crippen molar-refractivity contribution in [2.75, 3.05) is 49.5 Å². The summed E-state index contributed by atoms with van der Waals surface area (Å²) in [5.41, 5.74) is 4.07. The van der Waals surface area contributed by atoms with E-state index < -0.39 is 11.8 Å². The van der Waals surface area contributed by atoms with Crippen molar-refractivity contribution in [3.05, 3.63) is 65.3 Å². The fraction of sp³-hybridized carbons (Fsp3) is 0.588. The highest BCUT2D eigenvalue weighted by Gasteiger charge is 2.42. The largest absolute Gasteiger partial charge is 0.370 e. The molecule has 5 aliphatic heterocycles. The summed E-state index contributed by atoms with van der Waals surface area (Å²) < 4.78 is 31.7. The van der Waals surface area contributed by atoms with Gasteiger partial charge in [-0.1, -0.05) is 44.0 Å². The molecule has 0 aliphatic carbocycles. The van der Waals surface area contributed by atoms with Crippen LogP contribution in [0.15, 0.2) is 48.6 Å². The number of alkyl halides is 2. The van der Waals surface area contributed by atoms with Gasteiger partial charge >= 0.3 is 0 Å². The lowest BCUT2D eigenvalue weighted by Crippen LogP contribution is -2.40. The first-order valence-electron chi connectivity index (χ1n) is 16.2. The zero-order valence-corrected chi connectivity index (χ0v) is 25.1. The second kappa shape index (κ2) is 12.7. The number of benzene rings is 1. The van der Waals surface area contributed by atoms with E-state index in [2.05, 4.69) is 37.7 Å². The molecule has 6 nitrogen and oxygen atoms in total. The van der Waals surface area contributed by atoms with Crippen LogP contribution in [0.1, 0.15) is 93.9 Å². The van der Waals surface area contributed by atoms with Crippen LogP contribution in [0.2, 0.25) is 0 Å². The zero-order valence-electron chi connectivity index (χ0n) is 25.1. The molecule has 0 saturated carbocycles. The molecule has 6 heterocycles. The summed E-state index contributed by atoms with van der Waals surface area (Å²) >= 11 is 0. The van der Waals surface area contributed by atoms with Crippen molar-refractivity contribution < 1.29 is 8.78 Å². The Labute approximate surface area is 249 Å². The van der Waals surface area contributed by atoms with E-state index in [1.54, 1.807) is 24.5 Å². The smallest absolute Gasteiger partial charge is 0.276 e. The molecule has 0 amide bonds. The summed E-state index contributed by atoms with van der Waals surface area (Å²) in [6.45, 7) is 12.0. The number of rotatable bonds is 1. The van der Waals surface area contributed by atoms with E-state index in [0.29, 0.717) is 12.8 Å². The van der Waals surface area contributed by atoms with Gasteiger partial charge in [-0.3, -0.25) is 0 Å². The lowest BCUT2D eigenvalue weighted by atomic mass is 9.85. The van der Waals surface area contributed by atoms with E-state index in [9.17, 15) is 0 Å². The van der Waals surface area contributed by atoms with Crippen LogP contribution in [0, 0.1) is 5.92 Å². The number of nitrogens with one attached hydrogen (secondary N) is 1. The van der Waals surface area contributed by atoms with Crippen molar-refractivity contribution in [1.82, 2.24) is 19.8 Å². The summed E-state index contributed by atoms with van der Waals surface area (Å²) in [5, 5.41) is 3.57. The second-order valence-electron chi connectivity index (χ2n) is 12.6. The predicted molar refractivity (Wildman–Crippen MR) is 167 cm³/mol. The Bertz CT molecular complexity index is 1280. The minimum atomic E-state index is -2.85. The zero-order chi connectivity index (χ0) is 29.1. The third-order valence-corrected chi connectivity index (χ3v) is 9.80. The third-order valence-electron chi connectivity index (χ3n) is 9.80. The first-order valence-corrected chi connectivity index (χ1v) is 16.2. The van der Waals surface area contributed by atoms with E-state index in [0.717, 1.165) is 92.7 Å². The lowest BCUT2D eigenvalue weighted by molar-refractivity contribution is -0.0855. The number of halogens is 2. The Hall–Kier alpha value is -3.00. The highest BCUT2D eigenvalue weighted by atomic mass is 19.3. The van der Waals surface area contributed by atoms with Gasteiger partial charge in [0, 0.05) is 37.2 Å². The maximum absolute atomic E-state index is 15.8. The molecule has 1 aromatic carbocycles. The Morgan fingerprint density at radius 1 is 0.881 bits per heavy atom. The van der Waals surface area contributed by atoms with Gasteiger partial charge in [-0.2, -0.15) is 0 Å². The van der Waals surface area contributed by atoms with Crippen LogP contribution in [0.3, 0.4) is 0 Å². The summed E-state index contributed by atoms with van der Waals surface area (Å²) in [6, 6.07) is 6.80. The van der Waals surface area contributed by atoms with E-state index in [1.165, 1.54) is 32.1 Å². The first kappa shape index (κ1) is 29.1. The summed E-state index contributed by atoms with van der Waals surface area (Å²) in [5.74, 6) is -1.86. The fourth-order valence-electron chi connectivity index (χ4n) is 7.18. The van der Waals surface area contributed by atoms with Crippen LogP contribution in [0.25, 0.3) is 6.08 Å². The number of hydrogen-bond acceptors (Lipinski definition) is 6. The van der Waals surface area contributed by atoms with Crippen LogP contribution >= 0.6 is 0 Å². The van der Waals surface area contributed by atoms with Gasteiger partial charge in [-0.25, -0.2) is 18.7 Å². The number of fused-ring (bicyclic) bond motifs is 9. The molecule has 5 aliphatic rings. The van der Waals surface area contributed by atoms with E-state index >= 15 is 8.78 Å². The van der Waals surface area contributed by atoms with Crippen LogP contribution in [0.4, 0.5) is 20.4 Å². The van der Waals surface area contributed by atoms with E-state index in [1.807, 2.05) is 13.0 Å². The number of hydrogen-bond donors (Lipinski definition) is 1. The molecule has 1 aromatic heterocycles. The maximum atomic E-state index is 15.8. The minimum Gasteiger partial charge on any atom is -0.370 e. The highest BCUT2D eigenvalue weighted by molar-refractivity contribution is 5.82. The number of likely N-dealkylation sites (tertiary alicyclic amines) is 1. The lowest BCUT2D eigenvalue weighted by Gasteiger charge is -2.39. The van der Waals surface area contributed by atoms with Crippen molar-refractivity contribution in [3.63, 3.8) is 0 Å². The van der Waals surface area contributed by atoms with Gasteiger partial charge in [0.15, 0.2) is 0 Å². The van der Waals surface area contributed by atoms with Crippen LogP contribution in [0.5, 0.6) is 0 Å². The first-order chi connectivity index (χ1) is 20.4. The monoisotopic (exact) mass is 576 g/mol. The second-order valence-corrected chi connectivity index (χ2v) is 12.6. The van der Waals surface area contributed by atoms with E-state index in [4.69, 9.17) is 4.98 Å². The van der Waals surface area contributed by atoms with Crippen LogP contribution in [-0.4, -0.2) is 59.0 Å². The molecular formula is C34H46F2N6. The summed E-state index contributed by atoms with van der Waals surface area (Å²) in [6.07, 6.45) is 14.2. The summed E-state index contributed by atoms with van der Waals surface area (Å²) in [4.78, 5) is 16.5. The Kier molecular flexibility index (Phi) is 8.80. The van der Waals surface area contributed by atoms with Gasteiger partial charge in [0.05, 0.1) is 17.0 Å². The molecule has 2 fully saturated rings. The molecule has 0 spiro atoms. The Morgan fingerprint density at radius 3 is 2.36 bits per heavy atom. The van der Waals surface area contributed by atoms with Crippen molar-refractivity contribution in [1.29, 1.82) is 0 Å². The average Bonchev–Trinajstić information content (AvgIpc) is 3.01. The van der Waals surface area contributed by atoms with Gasteiger partial charge in [-0.05, 0) is 89.2 Å². The summed E-state index contributed by atoms with van der Waals surface area (Å²) in [7, 11) is 0. The van der Waals surface area contributed by atoms with Crippen LogP contribution in [-0.2, 0) is 5.92 Å². The molecule has 8 heteroatoms. The normalized spacial score (nSPS) is 27.1. The molecule has 2 aromatic rings. The average molecular weight is 577 g/mol. The third kappa shape index (κ3) is 6.05. The number of nitrogens with zero attached hydrogens (tertiary/aromatic N) is 5. The molecule has 7 rings (SSSR count). The molecule has 0 unspecified atom stereocenters. The molecule has 42 heavy (non-hydrogen) atoms. The van der Waals surface area contributed by atoms with Crippen molar-refractivity contribution >= 4 is 17.7 Å². The van der Waals surface area contributed by atoms with Gasteiger partial charge in [-0.15, -0.1) is 0 Å². The van der Waals surface area contributed by atoms with Crippen molar-refractivity contribution in [2.45, 2.75) is 83.1 Å². The topological polar surface area (TPSA) is 47.5 Å². The van der Waals surface area contributed by atoms with Gasteiger partial charge in [0.1, 0.15) is 18.0 Å². The predicted octanol–water partition coefficient (Wildman–Crippen LogP) is 7.58. The van der Waals surface area contributed by atoms with Crippen molar-refractivity contribution in [3.8, 4) is 0 Å². The van der Waals surface area contributed by atoms with Gasteiger partial charge in [0.2, 0.25) is 0 Å². The molecule has 0 radical (unpaired) electrons. The van der Waals surface area contributed by atoms with E-state index in [-0.39, 0.29) is 11.6 Å². The fourth-order valence-corrected chi connectivity index (χ4v) is 7.18. The molecule has 226 valence electrons. The SMILES string of the molecule is C=C1C(N2CCCCC2)=Cc2c3ncnc2N1CCCCCCCN1CCC(CC1)C(F)(F)c1cccc(c1)[C@@H](C)N3. The molecule has 1 N–H and O–H groups in total. The van der Waals surface area contributed by atoms with Gasteiger partial charge in [0.25, 0.3) is 5.92 Å². The molecule has 1 atom stereocenters. The Morgan fingerprint density at radius 2 is 1.57 bits per heavy atom. The number of aromatic nitrogens is 2. The molecular weight excluding hydrogens is 530 g/mol. The standard InChI is InChI=1S/C34H46F2N6/c1-25-27-12-11-13-29(22-27)34(35,36)28-14-20-40(21-15-28)16-7-4-3-5-10-19-42-26(2)31(41-17-8-6-9-18-41)23-30-32(39-25)37-24-38-33(30)42/h11-13,22-25,28H,2-10,14-21H2,1H3,(H,37,38,39)/t25-/m1/s1. The van der Waals surface area contributed by atoms with Crippen LogP contribution < -0.4 is 10.2 Å². The molecule has 2 saturated heterocycles. The Balaban J connectivity index is 1.34. The van der Waals surface area contributed by atoms with Crippen molar-refractivity contribution in [2.24, 2.45) is 5.92 Å². The minimum absolute atomic E-state index is 0.123. The molecule has 8 bridgehead atoms. The maximum Gasteiger partial charge on any atom is 0.276 e.